The predicted octanol–water partition coefficient (Wildman–Crippen LogP) is 6.47. The number of carbonyl (C=O) groups is 1. The van der Waals surface area contributed by atoms with Crippen LogP contribution in [-0.2, 0) is 19.6 Å². The van der Waals surface area contributed by atoms with Gasteiger partial charge in [-0.2, -0.15) is 0 Å². The highest BCUT2D eigenvalue weighted by atomic mass is 19.4. The molecule has 4 aromatic rings. The summed E-state index contributed by atoms with van der Waals surface area (Å²) in [4.78, 5) is 18.1. The molecule has 0 spiro atoms. The van der Waals surface area contributed by atoms with Crippen molar-refractivity contribution in [2.45, 2.75) is 59.5 Å². The average Bonchev–Trinajstić information content (AvgIpc) is 3.35. The number of para-hydroxylation sites is 2. The Hall–Kier alpha value is -4.61. The molecule has 0 saturated heterocycles. The summed E-state index contributed by atoms with van der Waals surface area (Å²) in [5.74, 6) is -1.10. The summed E-state index contributed by atoms with van der Waals surface area (Å²) < 4.78 is 50.6. The number of nitrogens with zero attached hydrogens (tertiary/aromatic N) is 5. The molecule has 0 aliphatic carbocycles. The lowest BCUT2D eigenvalue weighted by molar-refractivity contribution is -0.274. The number of aromatic nitrogens is 4. The highest BCUT2D eigenvalue weighted by molar-refractivity contribution is 5.89. The van der Waals surface area contributed by atoms with Crippen LogP contribution in [0.1, 0.15) is 65.3 Å². The van der Waals surface area contributed by atoms with E-state index in [0.717, 1.165) is 16.8 Å². The Bertz CT molecular complexity index is 1570. The van der Waals surface area contributed by atoms with E-state index in [2.05, 4.69) is 20.0 Å². The van der Waals surface area contributed by atoms with Crippen LogP contribution in [0.4, 0.5) is 18.9 Å². The second kappa shape index (κ2) is 12.5. The Morgan fingerprint density at radius 1 is 1.12 bits per heavy atom. The number of hydrogen-bond acceptors (Lipinski definition) is 7. The standard InChI is InChI=1S/C30H32F3N5O4/c1-6-21-15-20(11-12-22(21)29(39)40)16-37(5)23-13-14-27(34-19(23)4)41-17-25-28(18(2)3)35-36-38(25)24-9-7-8-10-26(24)42-30(31,32)33/h7-15,18H,6,16-17H2,1-5H3,(H,39,40). The van der Waals surface area contributed by atoms with E-state index in [0.29, 0.717) is 41.5 Å². The van der Waals surface area contributed by atoms with Gasteiger partial charge in [0.1, 0.15) is 18.0 Å². The van der Waals surface area contributed by atoms with Crippen molar-refractivity contribution in [2.75, 3.05) is 11.9 Å². The number of carboxylic acids is 1. The molecule has 0 bridgehead atoms. The second-order valence-corrected chi connectivity index (χ2v) is 10.1. The first kappa shape index (κ1) is 30.4. The highest BCUT2D eigenvalue weighted by Crippen LogP contribution is 2.31. The fourth-order valence-corrected chi connectivity index (χ4v) is 4.70. The van der Waals surface area contributed by atoms with Gasteiger partial charge in [0.2, 0.25) is 5.88 Å². The number of pyridine rings is 1. The predicted molar refractivity (Wildman–Crippen MR) is 150 cm³/mol. The molecular formula is C30H32F3N5O4. The van der Waals surface area contributed by atoms with Crippen LogP contribution in [0.5, 0.6) is 11.6 Å². The van der Waals surface area contributed by atoms with Gasteiger partial charge in [0.05, 0.1) is 22.6 Å². The fraction of sp³-hybridized carbons (Fsp3) is 0.333. The van der Waals surface area contributed by atoms with Gasteiger partial charge in [-0.1, -0.05) is 50.3 Å². The molecule has 2 heterocycles. The molecule has 2 aromatic carbocycles. The molecule has 12 heteroatoms. The molecule has 0 saturated carbocycles. The largest absolute Gasteiger partial charge is 0.573 e. The maximum absolute atomic E-state index is 13.0. The maximum Gasteiger partial charge on any atom is 0.573 e. The van der Waals surface area contributed by atoms with Crippen molar-refractivity contribution in [1.29, 1.82) is 0 Å². The van der Waals surface area contributed by atoms with Crippen molar-refractivity contribution >= 4 is 11.7 Å². The summed E-state index contributed by atoms with van der Waals surface area (Å²) >= 11 is 0. The monoisotopic (exact) mass is 583 g/mol. The Morgan fingerprint density at radius 2 is 1.86 bits per heavy atom. The van der Waals surface area contributed by atoms with E-state index in [1.165, 1.54) is 22.9 Å². The van der Waals surface area contributed by atoms with E-state index in [-0.39, 0.29) is 18.2 Å². The van der Waals surface area contributed by atoms with Crippen LogP contribution < -0.4 is 14.4 Å². The summed E-state index contributed by atoms with van der Waals surface area (Å²) in [6.45, 7) is 8.07. The maximum atomic E-state index is 13.0. The lowest BCUT2D eigenvalue weighted by atomic mass is 10.0. The Kier molecular flexibility index (Phi) is 9.03. The first-order valence-corrected chi connectivity index (χ1v) is 13.3. The lowest BCUT2D eigenvalue weighted by Gasteiger charge is -2.22. The van der Waals surface area contributed by atoms with Crippen LogP contribution in [-0.4, -0.2) is 44.5 Å². The molecule has 9 nitrogen and oxygen atoms in total. The topological polar surface area (TPSA) is 103 Å². The number of halogens is 3. The number of aryl methyl sites for hydroxylation is 2. The number of hydrogen-bond donors (Lipinski definition) is 1. The third kappa shape index (κ3) is 6.99. The fourth-order valence-electron chi connectivity index (χ4n) is 4.70. The van der Waals surface area contributed by atoms with Crippen LogP contribution in [0, 0.1) is 6.92 Å². The molecule has 0 radical (unpaired) electrons. The molecular weight excluding hydrogens is 551 g/mol. The Balaban J connectivity index is 1.54. The zero-order chi connectivity index (χ0) is 30.6. The van der Waals surface area contributed by atoms with E-state index in [4.69, 9.17) is 4.74 Å². The SMILES string of the molecule is CCc1cc(CN(C)c2ccc(OCc3c(C(C)C)nnn3-c3ccccc3OC(F)(F)F)nc2C)ccc1C(=O)O. The molecule has 2 aromatic heterocycles. The average molecular weight is 584 g/mol. The number of alkyl halides is 3. The molecule has 222 valence electrons. The zero-order valence-electron chi connectivity index (χ0n) is 23.9. The summed E-state index contributed by atoms with van der Waals surface area (Å²) in [6.07, 6.45) is -4.26. The minimum Gasteiger partial charge on any atom is -0.478 e. The number of anilines is 1. The smallest absolute Gasteiger partial charge is 0.478 e. The first-order chi connectivity index (χ1) is 19.9. The molecule has 0 aliphatic rings. The van der Waals surface area contributed by atoms with Gasteiger partial charge in [-0.15, -0.1) is 18.3 Å². The molecule has 1 N–H and O–H groups in total. The molecule has 0 unspecified atom stereocenters. The lowest BCUT2D eigenvalue weighted by Crippen LogP contribution is -2.19. The van der Waals surface area contributed by atoms with Crippen LogP contribution in [0.15, 0.2) is 54.6 Å². The van der Waals surface area contributed by atoms with Crippen molar-refractivity contribution in [3.05, 3.63) is 88.4 Å². The number of benzene rings is 2. The van der Waals surface area contributed by atoms with Gasteiger partial charge in [0.25, 0.3) is 0 Å². The minimum absolute atomic E-state index is 0.0434. The summed E-state index contributed by atoms with van der Waals surface area (Å²) in [6, 6.07) is 14.6. The molecule has 42 heavy (non-hydrogen) atoms. The number of aromatic carboxylic acids is 1. The molecule has 0 fully saturated rings. The van der Waals surface area contributed by atoms with Gasteiger partial charge in [-0.25, -0.2) is 14.5 Å². The van der Waals surface area contributed by atoms with E-state index in [9.17, 15) is 23.1 Å². The molecule has 0 aliphatic heterocycles. The van der Waals surface area contributed by atoms with Crippen LogP contribution in [0.2, 0.25) is 0 Å². The Morgan fingerprint density at radius 3 is 2.50 bits per heavy atom. The number of rotatable bonds is 11. The molecule has 0 atom stereocenters. The van der Waals surface area contributed by atoms with Crippen LogP contribution >= 0.6 is 0 Å². The van der Waals surface area contributed by atoms with Crippen LogP contribution in [0.3, 0.4) is 0 Å². The summed E-state index contributed by atoms with van der Waals surface area (Å²) in [5.41, 5.74) is 4.73. The van der Waals surface area contributed by atoms with Gasteiger partial charge < -0.3 is 19.5 Å². The summed E-state index contributed by atoms with van der Waals surface area (Å²) in [7, 11) is 1.92. The van der Waals surface area contributed by atoms with E-state index < -0.39 is 18.1 Å². The first-order valence-electron chi connectivity index (χ1n) is 13.3. The van der Waals surface area contributed by atoms with Crippen molar-refractivity contribution in [1.82, 2.24) is 20.0 Å². The minimum atomic E-state index is -4.87. The number of ether oxygens (including phenoxy) is 2. The zero-order valence-corrected chi connectivity index (χ0v) is 23.9. The third-order valence-electron chi connectivity index (χ3n) is 6.66. The van der Waals surface area contributed by atoms with Crippen molar-refractivity contribution in [3.8, 4) is 17.3 Å². The normalized spacial score (nSPS) is 11.5. The Labute approximate surface area is 241 Å². The molecule has 4 rings (SSSR count). The summed E-state index contributed by atoms with van der Waals surface area (Å²) in [5, 5.41) is 17.7. The number of carboxylic acid groups (broad SMARTS) is 1. The van der Waals surface area contributed by atoms with Gasteiger partial charge in [-0.05, 0) is 54.7 Å². The second-order valence-electron chi connectivity index (χ2n) is 10.1. The van der Waals surface area contributed by atoms with Gasteiger partial charge in [0, 0.05) is 19.7 Å². The quantitative estimate of drug-likeness (QED) is 0.214. The van der Waals surface area contributed by atoms with E-state index >= 15 is 0 Å². The van der Waals surface area contributed by atoms with Gasteiger partial charge in [-0.3, -0.25) is 0 Å². The van der Waals surface area contributed by atoms with E-state index in [1.807, 2.05) is 51.8 Å². The van der Waals surface area contributed by atoms with Crippen LogP contribution in [0.25, 0.3) is 5.69 Å². The van der Waals surface area contributed by atoms with Gasteiger partial charge in [0.15, 0.2) is 5.75 Å². The van der Waals surface area contributed by atoms with E-state index in [1.54, 1.807) is 24.3 Å². The van der Waals surface area contributed by atoms with Crippen molar-refractivity contribution in [2.24, 2.45) is 0 Å². The molecule has 0 amide bonds. The third-order valence-corrected chi connectivity index (χ3v) is 6.66. The highest BCUT2D eigenvalue weighted by Gasteiger charge is 2.33. The van der Waals surface area contributed by atoms with Crippen molar-refractivity contribution < 1.29 is 32.5 Å². The van der Waals surface area contributed by atoms with Crippen molar-refractivity contribution in [3.63, 3.8) is 0 Å². The van der Waals surface area contributed by atoms with Gasteiger partial charge >= 0.3 is 12.3 Å².